The first kappa shape index (κ1) is 8.97. The van der Waals surface area contributed by atoms with Gasteiger partial charge in [0.05, 0.1) is 0 Å². The Bertz CT molecular complexity index is 243. The lowest BCUT2D eigenvalue weighted by Crippen LogP contribution is -2.14. The van der Waals surface area contributed by atoms with Crippen LogP contribution in [0.15, 0.2) is 43.0 Å². The molecule has 0 spiro atoms. The van der Waals surface area contributed by atoms with Crippen molar-refractivity contribution in [3.05, 3.63) is 48.6 Å². The molecule has 0 amide bonds. The van der Waals surface area contributed by atoms with Crippen LogP contribution in [0.2, 0.25) is 0 Å². The van der Waals surface area contributed by atoms with Crippen LogP contribution in [0, 0.1) is 0 Å². The highest BCUT2D eigenvalue weighted by atomic mass is 16.3. The Morgan fingerprint density at radius 1 is 1.17 bits per heavy atom. The highest BCUT2D eigenvalue weighted by Gasteiger charge is 2.13. The molecule has 2 nitrogen and oxygen atoms in total. The maximum atomic E-state index is 9.47. The lowest BCUT2D eigenvalue weighted by Gasteiger charge is -2.13. The third-order valence-electron chi connectivity index (χ3n) is 1.71. The molecule has 0 saturated heterocycles. The molecule has 0 heterocycles. The van der Waals surface area contributed by atoms with Crippen LogP contribution in [0.5, 0.6) is 0 Å². The molecule has 0 saturated carbocycles. The molecule has 1 aromatic rings. The molecule has 64 valence electrons. The number of benzene rings is 1. The molecule has 2 atom stereocenters. The van der Waals surface area contributed by atoms with Crippen molar-refractivity contribution < 1.29 is 10.2 Å². The summed E-state index contributed by atoms with van der Waals surface area (Å²) in [5.41, 5.74) is 0.699. The molecule has 0 radical (unpaired) electrons. The minimum Gasteiger partial charge on any atom is -0.386 e. The van der Waals surface area contributed by atoms with Crippen molar-refractivity contribution in [1.82, 2.24) is 0 Å². The van der Waals surface area contributed by atoms with Gasteiger partial charge in [-0.25, -0.2) is 0 Å². The van der Waals surface area contributed by atoms with Crippen LogP contribution in [0.1, 0.15) is 11.7 Å². The summed E-state index contributed by atoms with van der Waals surface area (Å²) in [6.45, 7) is 3.40. The summed E-state index contributed by atoms with van der Waals surface area (Å²) in [7, 11) is 0. The SMILES string of the molecule is C=C[C@@H](O)[C@@H](O)c1ccccc1. The van der Waals surface area contributed by atoms with Crippen LogP contribution in [0.25, 0.3) is 0 Å². The van der Waals surface area contributed by atoms with Gasteiger partial charge in [-0.15, -0.1) is 6.58 Å². The van der Waals surface area contributed by atoms with Gasteiger partial charge >= 0.3 is 0 Å². The van der Waals surface area contributed by atoms with E-state index in [0.29, 0.717) is 5.56 Å². The van der Waals surface area contributed by atoms with Crippen molar-refractivity contribution >= 4 is 0 Å². The molecule has 1 rings (SSSR count). The highest BCUT2D eigenvalue weighted by molar-refractivity contribution is 5.19. The van der Waals surface area contributed by atoms with Crippen LogP contribution in [0.4, 0.5) is 0 Å². The van der Waals surface area contributed by atoms with Crippen molar-refractivity contribution in [2.75, 3.05) is 0 Å². The lowest BCUT2D eigenvalue weighted by atomic mass is 10.1. The third-order valence-corrected chi connectivity index (χ3v) is 1.71. The maximum Gasteiger partial charge on any atom is 0.108 e. The summed E-state index contributed by atoms with van der Waals surface area (Å²) in [6.07, 6.45) is -0.450. The van der Waals surface area contributed by atoms with Gasteiger partial charge in [0.15, 0.2) is 0 Å². The molecule has 0 aliphatic heterocycles. The first-order chi connectivity index (χ1) is 5.75. The lowest BCUT2D eigenvalue weighted by molar-refractivity contribution is 0.0485. The first-order valence-corrected chi connectivity index (χ1v) is 3.79. The Morgan fingerprint density at radius 2 is 1.75 bits per heavy atom. The maximum absolute atomic E-state index is 9.47. The van der Waals surface area contributed by atoms with Crippen LogP contribution in [0.3, 0.4) is 0 Å². The van der Waals surface area contributed by atoms with Gasteiger partial charge in [0.1, 0.15) is 12.2 Å². The van der Waals surface area contributed by atoms with E-state index in [-0.39, 0.29) is 0 Å². The minimum atomic E-state index is -0.896. The Kier molecular flexibility index (Phi) is 3.02. The van der Waals surface area contributed by atoms with E-state index in [9.17, 15) is 10.2 Å². The highest BCUT2D eigenvalue weighted by Crippen LogP contribution is 2.16. The third kappa shape index (κ3) is 1.94. The van der Waals surface area contributed by atoms with Crippen LogP contribution < -0.4 is 0 Å². The van der Waals surface area contributed by atoms with Gasteiger partial charge in [-0.1, -0.05) is 36.4 Å². The predicted molar refractivity (Wildman–Crippen MR) is 47.6 cm³/mol. The first-order valence-electron chi connectivity index (χ1n) is 3.79. The van der Waals surface area contributed by atoms with Crippen molar-refractivity contribution in [3.63, 3.8) is 0 Å². The second-order valence-electron chi connectivity index (χ2n) is 2.58. The van der Waals surface area contributed by atoms with E-state index >= 15 is 0 Å². The van der Waals surface area contributed by atoms with Gasteiger partial charge in [0.25, 0.3) is 0 Å². The molecular formula is C10H12O2. The van der Waals surface area contributed by atoms with Crippen LogP contribution in [-0.2, 0) is 0 Å². The van der Waals surface area contributed by atoms with Crippen molar-refractivity contribution in [1.29, 1.82) is 0 Å². The summed E-state index contributed by atoms with van der Waals surface area (Å²) in [5.74, 6) is 0. The molecule has 2 N–H and O–H groups in total. The molecule has 12 heavy (non-hydrogen) atoms. The molecule has 0 aliphatic carbocycles. The van der Waals surface area contributed by atoms with E-state index in [0.717, 1.165) is 0 Å². The number of hydrogen-bond acceptors (Lipinski definition) is 2. The predicted octanol–water partition coefficient (Wildman–Crippen LogP) is 1.27. The van der Waals surface area contributed by atoms with Gasteiger partial charge in [-0.05, 0) is 5.56 Å². The molecule has 0 unspecified atom stereocenters. The molecule has 1 aromatic carbocycles. The van der Waals surface area contributed by atoms with E-state index in [1.807, 2.05) is 18.2 Å². The molecule has 2 heteroatoms. The number of aliphatic hydroxyl groups is 2. The van der Waals surface area contributed by atoms with Gasteiger partial charge in [-0.3, -0.25) is 0 Å². The zero-order valence-corrected chi connectivity index (χ0v) is 6.72. The average Bonchev–Trinajstić information content (AvgIpc) is 2.17. The van der Waals surface area contributed by atoms with Crippen LogP contribution >= 0.6 is 0 Å². The molecular weight excluding hydrogens is 152 g/mol. The minimum absolute atomic E-state index is 0.699. The number of aliphatic hydroxyl groups excluding tert-OH is 2. The Labute approximate surface area is 71.8 Å². The van der Waals surface area contributed by atoms with Crippen molar-refractivity contribution in [2.45, 2.75) is 12.2 Å². The fraction of sp³-hybridized carbons (Fsp3) is 0.200. The van der Waals surface area contributed by atoms with E-state index in [2.05, 4.69) is 6.58 Å². The summed E-state index contributed by atoms with van der Waals surface area (Å²) in [6, 6.07) is 9.01. The molecule has 0 aromatic heterocycles. The second-order valence-corrected chi connectivity index (χ2v) is 2.58. The normalized spacial score (nSPS) is 15.2. The zero-order valence-electron chi connectivity index (χ0n) is 6.72. The fourth-order valence-electron chi connectivity index (χ4n) is 0.976. The summed E-state index contributed by atoms with van der Waals surface area (Å²) in [4.78, 5) is 0. The average molecular weight is 164 g/mol. The van der Waals surface area contributed by atoms with Crippen molar-refractivity contribution in [2.24, 2.45) is 0 Å². The molecule has 0 bridgehead atoms. The number of hydrogen-bond donors (Lipinski definition) is 2. The summed E-state index contributed by atoms with van der Waals surface area (Å²) in [5, 5.41) is 18.7. The molecule has 0 aliphatic rings. The van der Waals surface area contributed by atoms with Gasteiger partial charge < -0.3 is 10.2 Å². The quantitative estimate of drug-likeness (QED) is 0.660. The summed E-state index contributed by atoms with van der Waals surface area (Å²) < 4.78 is 0. The number of rotatable bonds is 3. The van der Waals surface area contributed by atoms with Crippen LogP contribution in [-0.4, -0.2) is 16.3 Å². The Morgan fingerprint density at radius 3 is 2.25 bits per heavy atom. The Hall–Kier alpha value is -1.12. The fourth-order valence-corrected chi connectivity index (χ4v) is 0.976. The van der Waals surface area contributed by atoms with E-state index in [1.165, 1.54) is 6.08 Å². The van der Waals surface area contributed by atoms with Gasteiger partial charge in [0, 0.05) is 0 Å². The second kappa shape index (κ2) is 4.04. The van der Waals surface area contributed by atoms with Gasteiger partial charge in [-0.2, -0.15) is 0 Å². The molecule has 0 fully saturated rings. The van der Waals surface area contributed by atoms with E-state index in [1.54, 1.807) is 12.1 Å². The van der Waals surface area contributed by atoms with Gasteiger partial charge in [0.2, 0.25) is 0 Å². The largest absolute Gasteiger partial charge is 0.386 e. The monoisotopic (exact) mass is 164 g/mol. The van der Waals surface area contributed by atoms with Crippen molar-refractivity contribution in [3.8, 4) is 0 Å². The zero-order chi connectivity index (χ0) is 8.97. The standard InChI is InChI=1S/C10H12O2/c1-2-9(11)10(12)8-6-4-3-5-7-8/h2-7,9-12H,1H2/t9-,10+/m1/s1. The van der Waals surface area contributed by atoms with E-state index in [4.69, 9.17) is 0 Å². The smallest absolute Gasteiger partial charge is 0.108 e. The van der Waals surface area contributed by atoms with E-state index < -0.39 is 12.2 Å². The topological polar surface area (TPSA) is 40.5 Å². The summed E-state index contributed by atoms with van der Waals surface area (Å²) >= 11 is 0. The Balaban J connectivity index is 2.78.